The highest BCUT2D eigenvalue weighted by Gasteiger charge is 2.38. The number of carbonyl (C=O) groups is 1. The van der Waals surface area contributed by atoms with E-state index in [0.29, 0.717) is 36.6 Å². The van der Waals surface area contributed by atoms with E-state index in [1.165, 1.54) is 13.2 Å². The maximum atomic E-state index is 15.1. The first-order valence-electron chi connectivity index (χ1n) is 11.0. The van der Waals surface area contributed by atoms with E-state index in [1.807, 2.05) is 20.9 Å². The third-order valence-corrected chi connectivity index (χ3v) is 6.87. The van der Waals surface area contributed by atoms with Gasteiger partial charge in [-0.25, -0.2) is 9.37 Å². The quantitative estimate of drug-likeness (QED) is 0.612. The van der Waals surface area contributed by atoms with Crippen LogP contribution in [0.15, 0.2) is 18.2 Å². The lowest BCUT2D eigenvalue weighted by molar-refractivity contribution is 0.0607. The van der Waals surface area contributed by atoms with E-state index in [2.05, 4.69) is 10.4 Å². The van der Waals surface area contributed by atoms with E-state index in [-0.39, 0.29) is 51.9 Å². The smallest absolute Gasteiger partial charge is 0.260 e. The Hall–Kier alpha value is -3.17. The minimum Gasteiger partial charge on any atom is -0.496 e. The Bertz CT molecular complexity index is 1310. The third-order valence-electron chi connectivity index (χ3n) is 6.52. The van der Waals surface area contributed by atoms with Crippen LogP contribution >= 0.6 is 11.6 Å². The second-order valence-electron chi connectivity index (χ2n) is 8.48. The van der Waals surface area contributed by atoms with E-state index in [9.17, 15) is 4.79 Å². The van der Waals surface area contributed by atoms with Crippen LogP contribution in [-0.2, 0) is 7.05 Å². The van der Waals surface area contributed by atoms with Crippen molar-refractivity contribution in [2.45, 2.75) is 19.9 Å². The van der Waals surface area contributed by atoms with Gasteiger partial charge in [0.15, 0.2) is 5.75 Å². The Morgan fingerprint density at radius 2 is 2.03 bits per heavy atom. The Kier molecular flexibility index (Phi) is 5.69. The number of pyridine rings is 1. The molecule has 3 aromatic rings. The molecule has 10 heteroatoms. The lowest BCUT2D eigenvalue weighted by Gasteiger charge is -2.34. The van der Waals surface area contributed by atoms with Crippen LogP contribution < -0.4 is 14.8 Å². The van der Waals surface area contributed by atoms with E-state index in [1.54, 1.807) is 21.7 Å². The van der Waals surface area contributed by atoms with Crippen LogP contribution in [0.3, 0.4) is 0 Å². The Morgan fingerprint density at radius 3 is 2.74 bits per heavy atom. The van der Waals surface area contributed by atoms with Crippen LogP contribution in [-0.4, -0.2) is 65.0 Å². The molecule has 1 N–H and O–H groups in total. The van der Waals surface area contributed by atoms with Gasteiger partial charge < -0.3 is 19.7 Å². The number of carbonyl (C=O) groups excluding carboxylic acids is 1. The molecule has 4 heterocycles. The van der Waals surface area contributed by atoms with Gasteiger partial charge in [-0.3, -0.25) is 9.48 Å². The van der Waals surface area contributed by atoms with Gasteiger partial charge in [-0.15, -0.1) is 0 Å². The van der Waals surface area contributed by atoms with Gasteiger partial charge in [0.05, 0.1) is 30.1 Å². The van der Waals surface area contributed by atoms with Crippen molar-refractivity contribution in [2.75, 3.05) is 33.4 Å². The summed E-state index contributed by atoms with van der Waals surface area (Å²) < 4.78 is 28.4. The SMILES string of the molecule is COc1cccc(F)c1-c1nc(-c2c(C)nn(C)c2C)c2c(c1Cl)OC[C@H]1CNCCN1C2=O. The lowest BCUT2D eigenvalue weighted by atomic mass is 9.99. The van der Waals surface area contributed by atoms with E-state index >= 15 is 4.39 Å². The molecule has 0 spiro atoms. The van der Waals surface area contributed by atoms with Gasteiger partial charge in [-0.1, -0.05) is 17.7 Å². The number of hydrogen-bond acceptors (Lipinski definition) is 6. The van der Waals surface area contributed by atoms with Crippen LogP contribution in [0.2, 0.25) is 5.02 Å². The lowest BCUT2D eigenvalue weighted by Crippen LogP contribution is -2.54. The predicted octanol–water partition coefficient (Wildman–Crippen LogP) is 3.37. The zero-order valence-electron chi connectivity index (χ0n) is 19.4. The molecule has 5 rings (SSSR count). The minimum absolute atomic E-state index is 0.0718. The predicted molar refractivity (Wildman–Crippen MR) is 126 cm³/mol. The van der Waals surface area contributed by atoms with Gasteiger partial charge >= 0.3 is 0 Å². The van der Waals surface area contributed by atoms with E-state index in [0.717, 1.165) is 5.69 Å². The summed E-state index contributed by atoms with van der Waals surface area (Å²) >= 11 is 6.82. The van der Waals surface area contributed by atoms with Crippen LogP contribution in [0.1, 0.15) is 21.7 Å². The molecule has 1 atom stereocenters. The number of methoxy groups -OCH3 is 1. The number of piperazine rings is 1. The molecule has 0 aliphatic carbocycles. The molecule has 178 valence electrons. The average molecular weight is 486 g/mol. The third kappa shape index (κ3) is 3.42. The number of hydrogen-bond donors (Lipinski definition) is 1. The summed E-state index contributed by atoms with van der Waals surface area (Å²) in [6.07, 6.45) is 0. The molecule has 1 saturated heterocycles. The molecule has 8 nitrogen and oxygen atoms in total. The fourth-order valence-corrected chi connectivity index (χ4v) is 5.03. The van der Waals surface area contributed by atoms with Crippen molar-refractivity contribution in [1.29, 1.82) is 0 Å². The Morgan fingerprint density at radius 1 is 1.24 bits per heavy atom. The number of benzene rings is 1. The van der Waals surface area contributed by atoms with Gasteiger partial charge in [0.1, 0.15) is 34.5 Å². The zero-order valence-corrected chi connectivity index (χ0v) is 20.2. The Labute approximate surface area is 201 Å². The first-order valence-corrected chi connectivity index (χ1v) is 11.4. The number of fused-ring (bicyclic) bond motifs is 2. The molecule has 34 heavy (non-hydrogen) atoms. The molecule has 2 aliphatic rings. The molecule has 1 amide bonds. The first-order chi connectivity index (χ1) is 16.3. The number of rotatable bonds is 3. The van der Waals surface area contributed by atoms with Gasteiger partial charge in [0.2, 0.25) is 0 Å². The summed E-state index contributed by atoms with van der Waals surface area (Å²) in [6.45, 7) is 5.84. The molecule has 0 bridgehead atoms. The molecule has 0 radical (unpaired) electrons. The maximum absolute atomic E-state index is 15.1. The van der Waals surface area contributed by atoms with Crippen molar-refractivity contribution in [1.82, 2.24) is 25.0 Å². The average Bonchev–Trinajstić information content (AvgIpc) is 2.99. The summed E-state index contributed by atoms with van der Waals surface area (Å²) in [5.41, 5.74) is 3.10. The molecular weight excluding hydrogens is 461 g/mol. The van der Waals surface area contributed by atoms with Crippen LogP contribution in [0, 0.1) is 19.7 Å². The highest BCUT2D eigenvalue weighted by Crippen LogP contribution is 2.46. The number of aryl methyl sites for hydroxylation is 2. The van der Waals surface area contributed by atoms with Crippen molar-refractivity contribution < 1.29 is 18.7 Å². The topological polar surface area (TPSA) is 81.5 Å². The van der Waals surface area contributed by atoms with Crippen molar-refractivity contribution in [3.05, 3.63) is 46.0 Å². The molecule has 1 aromatic carbocycles. The normalized spacial score (nSPS) is 17.6. The molecule has 2 aromatic heterocycles. The van der Waals surface area contributed by atoms with Crippen molar-refractivity contribution in [2.24, 2.45) is 7.05 Å². The van der Waals surface area contributed by atoms with Gasteiger partial charge in [-0.2, -0.15) is 5.10 Å². The molecular formula is C24H25ClFN5O3. The second-order valence-corrected chi connectivity index (χ2v) is 8.86. The van der Waals surface area contributed by atoms with Gasteiger partial charge in [-0.05, 0) is 26.0 Å². The minimum atomic E-state index is -0.541. The van der Waals surface area contributed by atoms with Crippen molar-refractivity contribution in [3.63, 3.8) is 0 Å². The monoisotopic (exact) mass is 485 g/mol. The Balaban J connectivity index is 1.86. The fraction of sp³-hybridized carbons (Fsp3) is 0.375. The van der Waals surface area contributed by atoms with Crippen molar-refractivity contribution >= 4 is 17.5 Å². The maximum Gasteiger partial charge on any atom is 0.260 e. The highest BCUT2D eigenvalue weighted by atomic mass is 35.5. The summed E-state index contributed by atoms with van der Waals surface area (Å²) in [5.74, 6) is -0.269. The molecule has 0 saturated carbocycles. The number of amides is 1. The number of nitrogens with zero attached hydrogens (tertiary/aromatic N) is 4. The summed E-state index contributed by atoms with van der Waals surface area (Å²) in [5, 5.41) is 7.88. The summed E-state index contributed by atoms with van der Waals surface area (Å²) in [7, 11) is 3.28. The standard InChI is InChI=1S/C24H25ClFN5O3/c1-12-17(13(2)30(3)29-12)21-19-23(34-11-14-10-27-8-9-31(14)24(19)32)20(25)22(28-21)18-15(26)6-5-7-16(18)33-4/h5-7,14,27H,8-11H2,1-4H3/t14-/m1/s1. The number of aromatic nitrogens is 3. The van der Waals surface area contributed by atoms with Crippen LogP contribution in [0.4, 0.5) is 4.39 Å². The van der Waals surface area contributed by atoms with Crippen LogP contribution in [0.5, 0.6) is 11.5 Å². The van der Waals surface area contributed by atoms with Gasteiger partial charge in [0, 0.05) is 37.9 Å². The van der Waals surface area contributed by atoms with E-state index < -0.39 is 5.82 Å². The second kappa shape index (κ2) is 8.56. The number of nitrogens with one attached hydrogen (secondary N) is 1. The van der Waals surface area contributed by atoms with Crippen LogP contribution in [0.25, 0.3) is 22.5 Å². The molecule has 2 aliphatic heterocycles. The number of halogens is 2. The van der Waals surface area contributed by atoms with E-state index in [4.69, 9.17) is 26.1 Å². The first kappa shape index (κ1) is 22.6. The van der Waals surface area contributed by atoms with Crippen molar-refractivity contribution in [3.8, 4) is 34.0 Å². The summed E-state index contributed by atoms with van der Waals surface area (Å²) in [4.78, 5) is 20.5. The molecule has 1 fully saturated rings. The van der Waals surface area contributed by atoms with Gasteiger partial charge in [0.25, 0.3) is 5.91 Å². The largest absolute Gasteiger partial charge is 0.496 e. The summed E-state index contributed by atoms with van der Waals surface area (Å²) in [6, 6.07) is 4.36. The highest BCUT2D eigenvalue weighted by molar-refractivity contribution is 6.35. The molecule has 0 unspecified atom stereocenters. The number of ether oxygens (including phenoxy) is 2. The fourth-order valence-electron chi connectivity index (χ4n) is 4.74. The zero-order chi connectivity index (χ0) is 24.1.